The van der Waals surface area contributed by atoms with E-state index in [1.165, 1.54) is 23.5 Å². The number of carboxylic acids is 1. The molecule has 2 aromatic rings. The Morgan fingerprint density at radius 1 is 1.28 bits per heavy atom. The highest BCUT2D eigenvalue weighted by molar-refractivity contribution is 7.11. The molecule has 43 heavy (non-hydrogen) atoms. The van der Waals surface area contributed by atoms with Crippen molar-refractivity contribution in [2.75, 3.05) is 32.8 Å². The van der Waals surface area contributed by atoms with Crippen LogP contribution < -0.4 is 5.32 Å². The molecule has 0 aliphatic carbocycles. The number of ether oxygens (including phenoxy) is 1. The van der Waals surface area contributed by atoms with E-state index in [1.54, 1.807) is 49.1 Å². The lowest BCUT2D eigenvalue weighted by Gasteiger charge is -2.31. The normalized spacial score (nSPS) is 24.1. The van der Waals surface area contributed by atoms with Crippen molar-refractivity contribution in [2.24, 2.45) is 10.4 Å². The number of aromatic nitrogens is 2. The number of hydrogen-bond donors (Lipinski definition) is 2. The maximum atomic E-state index is 15.6. The maximum Gasteiger partial charge on any atom is 0.338 e. The van der Waals surface area contributed by atoms with Gasteiger partial charge in [0.15, 0.2) is 10.8 Å². The number of carbonyl (C=O) groups excluding carboxylic acids is 1. The molecule has 10 nitrogen and oxygen atoms in total. The number of thiazole rings is 1. The van der Waals surface area contributed by atoms with Crippen LogP contribution in [0, 0.1) is 18.3 Å². The number of nitrogens with one attached hydrogen (secondary N) is 1. The van der Waals surface area contributed by atoms with Crippen LogP contribution in [0.1, 0.15) is 55.9 Å². The van der Waals surface area contributed by atoms with E-state index in [-0.39, 0.29) is 31.7 Å². The molecule has 5 heterocycles. The third kappa shape index (κ3) is 6.18. The summed E-state index contributed by atoms with van der Waals surface area (Å²) in [6, 6.07) is 0.172. The van der Waals surface area contributed by atoms with Gasteiger partial charge in [-0.3, -0.25) is 19.6 Å². The van der Waals surface area contributed by atoms with E-state index in [2.05, 4.69) is 15.3 Å². The number of esters is 1. The predicted octanol–water partition coefficient (Wildman–Crippen LogP) is 3.79. The predicted molar refractivity (Wildman–Crippen MR) is 153 cm³/mol. The summed E-state index contributed by atoms with van der Waals surface area (Å²) >= 11 is 1.32. The first kappa shape index (κ1) is 31.1. The standard InChI is InChI=1S/C29H35F3N6O4S/c1-5-42-26(39)21-18(35-24(25-33-10-13-43-25)36-22(21)17-6-7-20(30)34-16(17)2)14-38-15-29(31,32)23-19(38)8-11-37(23)12-9-28(3,4)27(40)41/h6-7,10,13,19,22-23H,5,8-9,11-12,14-15H2,1-4H3,(H,35,36)(H,40,41)/t19-,22+,23+/m0/s1. The molecule has 2 aromatic heterocycles. The van der Waals surface area contributed by atoms with Crippen LogP contribution >= 0.6 is 11.3 Å². The number of amidine groups is 1. The van der Waals surface area contributed by atoms with Gasteiger partial charge in [0, 0.05) is 47.7 Å². The molecule has 2 saturated heterocycles. The van der Waals surface area contributed by atoms with Gasteiger partial charge in [-0.05, 0) is 53.1 Å². The highest BCUT2D eigenvalue weighted by Crippen LogP contribution is 2.43. The third-order valence-corrected chi connectivity index (χ3v) is 9.17. The monoisotopic (exact) mass is 620 g/mol. The summed E-state index contributed by atoms with van der Waals surface area (Å²) in [5.74, 6) is -5.00. The molecular formula is C29H35F3N6O4S. The Morgan fingerprint density at radius 3 is 2.70 bits per heavy atom. The fraction of sp³-hybridized carbons (Fsp3) is 0.552. The summed E-state index contributed by atoms with van der Waals surface area (Å²) in [4.78, 5) is 41.5. The summed E-state index contributed by atoms with van der Waals surface area (Å²) in [6.07, 6.45) is 2.31. The molecule has 14 heteroatoms. The largest absolute Gasteiger partial charge is 0.481 e. The summed E-state index contributed by atoms with van der Waals surface area (Å²) < 4.78 is 50.6. The quantitative estimate of drug-likeness (QED) is 0.302. The molecule has 2 N–H and O–H groups in total. The molecule has 0 amide bonds. The smallest absolute Gasteiger partial charge is 0.338 e. The van der Waals surface area contributed by atoms with Crippen molar-refractivity contribution in [3.05, 3.63) is 57.2 Å². The van der Waals surface area contributed by atoms with E-state index in [4.69, 9.17) is 9.73 Å². The number of aliphatic carboxylic acids is 1. The SMILES string of the molecule is CCOC(=O)C1=C(CN2CC(F)(F)[C@H]3[C@@H]2CCN3CCC(C)(C)C(=O)O)NC(c2nccs2)=N[C@@H]1c1ccc(F)nc1C. The van der Waals surface area contributed by atoms with E-state index in [0.29, 0.717) is 40.8 Å². The topological polar surface area (TPSA) is 120 Å². The molecule has 0 spiro atoms. The first-order valence-electron chi connectivity index (χ1n) is 14.2. The number of rotatable bonds is 10. The Balaban J connectivity index is 1.50. The maximum absolute atomic E-state index is 15.6. The summed E-state index contributed by atoms with van der Waals surface area (Å²) in [5, 5.41) is 15.0. The minimum atomic E-state index is -3.06. The van der Waals surface area contributed by atoms with Gasteiger partial charge in [-0.2, -0.15) is 4.39 Å². The van der Waals surface area contributed by atoms with Crippen molar-refractivity contribution in [2.45, 2.75) is 64.6 Å². The second-order valence-electron chi connectivity index (χ2n) is 11.7. The summed E-state index contributed by atoms with van der Waals surface area (Å²) in [7, 11) is 0. The molecule has 0 unspecified atom stereocenters. The van der Waals surface area contributed by atoms with Gasteiger partial charge in [0.25, 0.3) is 5.92 Å². The molecule has 5 rings (SSSR count). The molecule has 232 valence electrons. The van der Waals surface area contributed by atoms with Gasteiger partial charge in [-0.15, -0.1) is 11.3 Å². The number of aryl methyl sites for hydroxylation is 1. The number of pyridine rings is 1. The fourth-order valence-corrected chi connectivity index (χ4v) is 6.67. The molecular weight excluding hydrogens is 585 g/mol. The second kappa shape index (κ2) is 12.0. The van der Waals surface area contributed by atoms with Crippen LogP contribution in [-0.2, 0) is 14.3 Å². The van der Waals surface area contributed by atoms with E-state index >= 15 is 8.78 Å². The van der Waals surface area contributed by atoms with Gasteiger partial charge >= 0.3 is 11.9 Å². The van der Waals surface area contributed by atoms with Crippen molar-refractivity contribution in [3.8, 4) is 0 Å². The lowest BCUT2D eigenvalue weighted by Crippen LogP contribution is -2.46. The summed E-state index contributed by atoms with van der Waals surface area (Å²) in [5.41, 5.74) is 0.275. The zero-order valence-corrected chi connectivity index (χ0v) is 25.3. The number of nitrogens with zero attached hydrogens (tertiary/aromatic N) is 5. The van der Waals surface area contributed by atoms with Crippen LogP contribution in [0.25, 0.3) is 0 Å². The average Bonchev–Trinajstić information content (AvgIpc) is 3.66. The van der Waals surface area contributed by atoms with Crippen molar-refractivity contribution in [3.63, 3.8) is 0 Å². The van der Waals surface area contributed by atoms with E-state index in [0.717, 1.165) is 0 Å². The van der Waals surface area contributed by atoms with Gasteiger partial charge in [-0.1, -0.05) is 6.07 Å². The Labute approximate surface area is 251 Å². The van der Waals surface area contributed by atoms with Crippen molar-refractivity contribution in [1.29, 1.82) is 0 Å². The molecule has 0 bridgehead atoms. The molecule has 3 atom stereocenters. The van der Waals surface area contributed by atoms with Crippen LogP contribution in [0.2, 0.25) is 0 Å². The van der Waals surface area contributed by atoms with E-state index < -0.39 is 53.9 Å². The number of hydrogen-bond acceptors (Lipinski definition) is 10. The number of carboxylic acid groups (broad SMARTS) is 1. The number of fused-ring (bicyclic) bond motifs is 1. The summed E-state index contributed by atoms with van der Waals surface area (Å²) in [6.45, 7) is 6.64. The van der Waals surface area contributed by atoms with Crippen LogP contribution in [0.3, 0.4) is 0 Å². The van der Waals surface area contributed by atoms with E-state index in [1.807, 2.05) is 0 Å². The number of alkyl halides is 2. The Bertz CT molecular complexity index is 1450. The Kier molecular flexibility index (Phi) is 8.65. The highest BCUT2D eigenvalue weighted by Gasteiger charge is 2.59. The minimum absolute atomic E-state index is 0.0199. The average molecular weight is 621 g/mol. The van der Waals surface area contributed by atoms with Crippen LogP contribution in [-0.4, -0.2) is 93.4 Å². The second-order valence-corrected chi connectivity index (χ2v) is 12.6. The number of halogens is 3. The first-order chi connectivity index (χ1) is 20.3. The molecule has 2 fully saturated rings. The first-order valence-corrected chi connectivity index (χ1v) is 15.1. The van der Waals surface area contributed by atoms with Crippen LogP contribution in [0.5, 0.6) is 0 Å². The molecule has 0 saturated carbocycles. The zero-order chi connectivity index (χ0) is 31.1. The minimum Gasteiger partial charge on any atom is -0.481 e. The highest BCUT2D eigenvalue weighted by atomic mass is 32.1. The van der Waals surface area contributed by atoms with Gasteiger partial charge < -0.3 is 15.2 Å². The Morgan fingerprint density at radius 2 is 2.05 bits per heavy atom. The lowest BCUT2D eigenvalue weighted by atomic mass is 9.89. The Hall–Kier alpha value is -3.36. The fourth-order valence-electron chi connectivity index (χ4n) is 6.08. The van der Waals surface area contributed by atoms with Crippen molar-refractivity contribution < 1.29 is 32.6 Å². The number of likely N-dealkylation sites (tertiary alicyclic amines) is 2. The van der Waals surface area contributed by atoms with Gasteiger partial charge in [0.1, 0.15) is 6.04 Å². The van der Waals surface area contributed by atoms with Crippen molar-refractivity contribution in [1.82, 2.24) is 25.1 Å². The molecule has 3 aliphatic rings. The van der Waals surface area contributed by atoms with Crippen LogP contribution in [0.4, 0.5) is 13.2 Å². The number of carbonyl (C=O) groups is 2. The van der Waals surface area contributed by atoms with Crippen molar-refractivity contribution >= 4 is 29.1 Å². The third-order valence-electron chi connectivity index (χ3n) is 8.39. The van der Waals surface area contributed by atoms with Crippen LogP contribution in [0.15, 0.2) is 40.0 Å². The van der Waals surface area contributed by atoms with Gasteiger partial charge in [0.2, 0.25) is 5.95 Å². The van der Waals surface area contributed by atoms with E-state index in [9.17, 15) is 19.1 Å². The van der Waals surface area contributed by atoms with Gasteiger partial charge in [-0.25, -0.2) is 23.5 Å². The van der Waals surface area contributed by atoms with Gasteiger partial charge in [0.05, 0.1) is 30.2 Å². The molecule has 0 aromatic carbocycles. The lowest BCUT2D eigenvalue weighted by molar-refractivity contribution is -0.147. The number of aliphatic imine (C=N–C) groups is 1. The molecule has 3 aliphatic heterocycles. The molecule has 0 radical (unpaired) electrons. The zero-order valence-electron chi connectivity index (χ0n) is 24.4.